The molecule has 0 fully saturated rings. The number of nitrogens with zero attached hydrogens (tertiary/aromatic N) is 2. The molecule has 2 aromatic rings. The predicted octanol–water partition coefficient (Wildman–Crippen LogP) is 2.25. The third-order valence-electron chi connectivity index (χ3n) is 9.23. The number of hydrogen-bond donors (Lipinski definition) is 6. The number of phenolic OH excluding ortho intramolecular Hbond substituents is 1. The number of aliphatic hydroxyl groups excluding tert-OH is 2. The molecule has 5 atom stereocenters. The van der Waals surface area contributed by atoms with Gasteiger partial charge in [-0.1, -0.05) is 24.3 Å². The number of phenols is 1. The summed E-state index contributed by atoms with van der Waals surface area (Å²) in [4.78, 5) is 30.3. The maximum atomic E-state index is 14.1. The molecule has 0 aliphatic heterocycles. The molecule has 5 rings (SSSR count). The van der Waals surface area contributed by atoms with Crippen LogP contribution in [0.15, 0.2) is 59.1 Å². The monoisotopic (exact) mass is 576 g/mol. The lowest BCUT2D eigenvalue weighted by molar-refractivity contribution is -0.120. The van der Waals surface area contributed by atoms with Crippen molar-refractivity contribution in [2.24, 2.45) is 29.2 Å². The van der Waals surface area contributed by atoms with Crippen LogP contribution in [-0.2, 0) is 17.8 Å². The topological polar surface area (TPSA) is 174 Å². The van der Waals surface area contributed by atoms with Crippen molar-refractivity contribution < 1.29 is 30.0 Å². The first-order valence-corrected chi connectivity index (χ1v) is 14.2. The van der Waals surface area contributed by atoms with Gasteiger partial charge < -0.3 is 36.8 Å². The Morgan fingerprint density at radius 1 is 1.10 bits per heavy atom. The average Bonchev–Trinajstić information content (AvgIpc) is 2.87. The summed E-state index contributed by atoms with van der Waals surface area (Å²) in [7, 11) is 5.48. The second kappa shape index (κ2) is 10.9. The van der Waals surface area contributed by atoms with Crippen molar-refractivity contribution in [2.75, 3.05) is 34.2 Å². The molecule has 10 nitrogen and oxygen atoms in total. The summed E-state index contributed by atoms with van der Waals surface area (Å²) in [5, 5.41) is 45.3. The maximum Gasteiger partial charge on any atom is 0.251 e. The van der Waals surface area contributed by atoms with Crippen molar-refractivity contribution in [3.8, 4) is 16.9 Å². The van der Waals surface area contributed by atoms with Crippen LogP contribution >= 0.6 is 0 Å². The number of carbonyl (C=O) groups is 2. The first-order valence-electron chi connectivity index (χ1n) is 14.2. The summed E-state index contributed by atoms with van der Waals surface area (Å²) >= 11 is 0. The molecular formula is C32H40N4O6. The predicted molar refractivity (Wildman–Crippen MR) is 159 cm³/mol. The summed E-state index contributed by atoms with van der Waals surface area (Å²) in [5.74, 6) is -4.37. The Kier molecular flexibility index (Phi) is 7.69. The van der Waals surface area contributed by atoms with Gasteiger partial charge in [-0.15, -0.1) is 0 Å². The largest absolute Gasteiger partial charge is 0.511 e. The highest BCUT2D eigenvalue weighted by Crippen LogP contribution is 2.55. The molecule has 8 N–H and O–H groups in total. The molecule has 2 aromatic carbocycles. The Morgan fingerprint density at radius 3 is 2.45 bits per heavy atom. The van der Waals surface area contributed by atoms with Gasteiger partial charge in [-0.2, -0.15) is 0 Å². The molecule has 4 unspecified atom stereocenters. The Labute approximate surface area is 245 Å². The molecule has 0 saturated heterocycles. The van der Waals surface area contributed by atoms with E-state index in [1.54, 1.807) is 19.0 Å². The Morgan fingerprint density at radius 2 is 1.81 bits per heavy atom. The van der Waals surface area contributed by atoms with Gasteiger partial charge in [0, 0.05) is 25.2 Å². The van der Waals surface area contributed by atoms with Crippen molar-refractivity contribution in [1.82, 2.24) is 9.80 Å². The number of primary amides is 1. The third kappa shape index (κ3) is 4.68. The SMILES string of the molecule is CN(CCN)Cc1cccc(-c2ccc(O)c3c2CC2CC4C(C(O)=C2C3=O)C(C)(O)C(C(N)=O)=C(O)[C@H]4N(C)C)c1. The van der Waals surface area contributed by atoms with Crippen LogP contribution in [-0.4, -0.2) is 87.8 Å². The van der Waals surface area contributed by atoms with Crippen molar-refractivity contribution in [1.29, 1.82) is 0 Å². The molecule has 3 aliphatic carbocycles. The number of amides is 1. The zero-order chi connectivity index (χ0) is 30.7. The molecule has 3 aliphatic rings. The fourth-order valence-electron chi connectivity index (χ4n) is 7.61. The number of allylic oxidation sites excluding steroid dienone is 1. The smallest absolute Gasteiger partial charge is 0.251 e. The summed E-state index contributed by atoms with van der Waals surface area (Å²) in [6.45, 7) is 3.34. The molecule has 0 radical (unpaired) electrons. The second-order valence-electron chi connectivity index (χ2n) is 12.3. The van der Waals surface area contributed by atoms with E-state index in [0.717, 1.165) is 23.2 Å². The van der Waals surface area contributed by atoms with Crippen molar-refractivity contribution in [2.45, 2.75) is 38.0 Å². The van der Waals surface area contributed by atoms with E-state index in [2.05, 4.69) is 11.0 Å². The molecule has 1 amide bonds. The van der Waals surface area contributed by atoms with Crippen LogP contribution in [0.5, 0.6) is 5.75 Å². The fourth-order valence-corrected chi connectivity index (χ4v) is 7.61. The minimum absolute atomic E-state index is 0.122. The van der Waals surface area contributed by atoms with Crippen LogP contribution in [0.2, 0.25) is 0 Å². The van der Waals surface area contributed by atoms with Crippen LogP contribution in [0, 0.1) is 17.8 Å². The minimum Gasteiger partial charge on any atom is -0.511 e. The van der Waals surface area contributed by atoms with E-state index >= 15 is 0 Å². The van der Waals surface area contributed by atoms with E-state index < -0.39 is 41.1 Å². The molecule has 0 saturated carbocycles. The zero-order valence-electron chi connectivity index (χ0n) is 24.5. The number of aliphatic hydroxyl groups is 3. The first kappa shape index (κ1) is 29.8. The van der Waals surface area contributed by atoms with Crippen LogP contribution in [0.1, 0.15) is 34.8 Å². The molecular weight excluding hydrogens is 536 g/mol. The molecule has 10 heteroatoms. The highest BCUT2D eigenvalue weighted by atomic mass is 16.3. The van der Waals surface area contributed by atoms with Gasteiger partial charge in [0.1, 0.15) is 22.9 Å². The highest BCUT2D eigenvalue weighted by Gasteiger charge is 2.59. The zero-order valence-corrected chi connectivity index (χ0v) is 24.5. The summed E-state index contributed by atoms with van der Waals surface area (Å²) < 4.78 is 0. The van der Waals surface area contributed by atoms with Gasteiger partial charge in [-0.25, -0.2) is 0 Å². The number of benzene rings is 2. The molecule has 42 heavy (non-hydrogen) atoms. The van der Waals surface area contributed by atoms with Gasteiger partial charge in [-0.05, 0) is 87.1 Å². The summed E-state index contributed by atoms with van der Waals surface area (Å²) in [5.41, 5.74) is 12.6. The number of Topliss-reactive ketones (excluding diaryl/α,β-unsaturated/α-hetero) is 1. The Hall–Kier alpha value is -3.70. The number of ketones is 1. The molecule has 0 bridgehead atoms. The van der Waals surface area contributed by atoms with Gasteiger partial charge in [-0.3, -0.25) is 14.5 Å². The molecule has 0 aromatic heterocycles. The number of likely N-dealkylation sites (N-methyl/N-ethyl adjacent to an activating group) is 2. The number of nitrogens with two attached hydrogens (primary N) is 2. The fraction of sp³-hybridized carbons (Fsp3) is 0.438. The van der Waals surface area contributed by atoms with Crippen molar-refractivity contribution >= 4 is 11.7 Å². The lowest BCUT2D eigenvalue weighted by Crippen LogP contribution is -2.59. The van der Waals surface area contributed by atoms with E-state index in [-0.39, 0.29) is 34.0 Å². The minimum atomic E-state index is -2.02. The number of fused-ring (bicyclic) bond motifs is 3. The van der Waals surface area contributed by atoms with Crippen LogP contribution in [0.25, 0.3) is 11.1 Å². The molecule has 0 spiro atoms. The lowest BCUT2D eigenvalue weighted by Gasteiger charge is -2.52. The Bertz CT molecular complexity index is 1510. The van der Waals surface area contributed by atoms with Gasteiger partial charge in [0.25, 0.3) is 5.91 Å². The quantitative estimate of drug-likeness (QED) is 0.289. The van der Waals surface area contributed by atoms with Crippen molar-refractivity contribution in [3.63, 3.8) is 0 Å². The average molecular weight is 577 g/mol. The van der Waals surface area contributed by atoms with E-state index in [9.17, 15) is 30.0 Å². The van der Waals surface area contributed by atoms with Gasteiger partial charge in [0.15, 0.2) is 5.78 Å². The second-order valence-corrected chi connectivity index (χ2v) is 12.3. The molecule has 0 heterocycles. The third-order valence-corrected chi connectivity index (χ3v) is 9.23. The number of rotatable bonds is 7. The Balaban J connectivity index is 1.63. The van der Waals surface area contributed by atoms with Crippen LogP contribution in [0.3, 0.4) is 0 Å². The lowest BCUT2D eigenvalue weighted by atomic mass is 9.56. The van der Waals surface area contributed by atoms with E-state index in [1.807, 2.05) is 31.3 Å². The standard InChI is InChI=1S/C32H40N4O6/c1-32(42)25-21(27(35(2)3)30(40)26(32)31(34)41)14-18-13-20-19(8-9-22(37)24(20)28(38)23(18)29(25)39)17-7-5-6-16(12-17)15-36(4)11-10-33/h5-9,12,18,21,25,27,37,39-40,42H,10-11,13-15,33H2,1-4H3,(H2,34,41)/t18?,21?,25?,27-,32?/m0/s1. The van der Waals surface area contributed by atoms with Gasteiger partial charge >= 0.3 is 0 Å². The number of aromatic hydroxyl groups is 1. The molecule has 224 valence electrons. The van der Waals surface area contributed by atoms with E-state index in [4.69, 9.17) is 11.5 Å². The summed E-state index contributed by atoms with van der Waals surface area (Å²) in [6, 6.07) is 10.6. The first-order chi connectivity index (χ1) is 19.8. The highest BCUT2D eigenvalue weighted by molar-refractivity contribution is 6.14. The van der Waals surface area contributed by atoms with Gasteiger partial charge in [0.05, 0.1) is 23.1 Å². The van der Waals surface area contributed by atoms with Crippen LogP contribution in [0.4, 0.5) is 0 Å². The van der Waals surface area contributed by atoms with E-state index in [1.165, 1.54) is 13.0 Å². The van der Waals surface area contributed by atoms with Crippen LogP contribution < -0.4 is 11.5 Å². The van der Waals surface area contributed by atoms with Gasteiger partial charge in [0.2, 0.25) is 0 Å². The number of hydrogen-bond acceptors (Lipinski definition) is 9. The van der Waals surface area contributed by atoms with E-state index in [0.29, 0.717) is 31.5 Å². The normalized spacial score (nSPS) is 27.3. The summed E-state index contributed by atoms with van der Waals surface area (Å²) in [6.07, 6.45) is 0.712. The maximum absolute atomic E-state index is 14.1. The number of carbonyl (C=O) groups excluding carboxylic acids is 2. The van der Waals surface area contributed by atoms with Crippen molar-refractivity contribution in [3.05, 3.63) is 75.8 Å².